The lowest BCUT2D eigenvalue weighted by molar-refractivity contribution is -0.118. The molecule has 0 saturated heterocycles. The fraction of sp³-hybridized carbons (Fsp3) is 0.846. The molecule has 0 fully saturated rings. The molecule has 0 aliphatic rings. The van der Waals surface area contributed by atoms with Crippen molar-refractivity contribution in [2.45, 2.75) is 52.1 Å². The molecule has 0 radical (unpaired) electrons. The van der Waals surface area contributed by atoms with Crippen molar-refractivity contribution in [1.29, 1.82) is 0 Å². The standard InChI is InChI=1S/C13H26N2O3S/c1-13(2,3)18-12(17)15-9-7-5-4-6-8-14-11(16)10-19/h19H,4-10H2,1-3H3,(H,14,16)(H,15,17). The fourth-order valence-corrected chi connectivity index (χ4v) is 1.50. The van der Waals surface area contributed by atoms with Crippen molar-refractivity contribution in [2.24, 2.45) is 0 Å². The highest BCUT2D eigenvalue weighted by Gasteiger charge is 2.15. The Morgan fingerprint density at radius 2 is 1.53 bits per heavy atom. The van der Waals surface area contributed by atoms with Crippen LogP contribution in [0.1, 0.15) is 46.5 Å². The van der Waals surface area contributed by atoms with Gasteiger partial charge in [-0.2, -0.15) is 12.6 Å². The van der Waals surface area contributed by atoms with Crippen molar-refractivity contribution in [1.82, 2.24) is 10.6 Å². The molecule has 0 saturated carbocycles. The van der Waals surface area contributed by atoms with Crippen molar-refractivity contribution in [2.75, 3.05) is 18.8 Å². The highest BCUT2D eigenvalue weighted by molar-refractivity contribution is 7.81. The van der Waals surface area contributed by atoms with Gasteiger partial charge in [0, 0.05) is 13.1 Å². The number of carbonyl (C=O) groups excluding carboxylic acids is 2. The third-order valence-electron chi connectivity index (χ3n) is 2.24. The number of rotatable bonds is 8. The molecule has 0 heterocycles. The van der Waals surface area contributed by atoms with Crippen LogP contribution in [0.2, 0.25) is 0 Å². The van der Waals surface area contributed by atoms with Crippen LogP contribution >= 0.6 is 12.6 Å². The Morgan fingerprint density at radius 1 is 1.00 bits per heavy atom. The van der Waals surface area contributed by atoms with Gasteiger partial charge in [-0.05, 0) is 33.6 Å². The van der Waals surface area contributed by atoms with Gasteiger partial charge in [0.1, 0.15) is 5.60 Å². The third-order valence-corrected chi connectivity index (χ3v) is 2.52. The first-order chi connectivity index (χ1) is 8.85. The van der Waals surface area contributed by atoms with Gasteiger partial charge in [-0.25, -0.2) is 4.79 Å². The summed E-state index contributed by atoms with van der Waals surface area (Å²) < 4.78 is 5.12. The molecule has 112 valence electrons. The van der Waals surface area contributed by atoms with E-state index in [1.54, 1.807) is 0 Å². The Bertz CT molecular complexity index is 278. The second-order valence-electron chi connectivity index (χ2n) is 5.35. The maximum Gasteiger partial charge on any atom is 0.407 e. The average molecular weight is 290 g/mol. The number of hydrogen-bond acceptors (Lipinski definition) is 4. The van der Waals surface area contributed by atoms with Gasteiger partial charge in [0.25, 0.3) is 0 Å². The highest BCUT2D eigenvalue weighted by Crippen LogP contribution is 2.06. The molecule has 0 rings (SSSR count). The van der Waals surface area contributed by atoms with E-state index in [4.69, 9.17) is 4.74 Å². The third kappa shape index (κ3) is 13.3. The zero-order valence-electron chi connectivity index (χ0n) is 12.1. The Balaban J connectivity index is 3.32. The van der Waals surface area contributed by atoms with Crippen LogP contribution in [0.25, 0.3) is 0 Å². The first-order valence-corrected chi connectivity index (χ1v) is 7.33. The van der Waals surface area contributed by atoms with Gasteiger partial charge in [0.15, 0.2) is 0 Å². The lowest BCUT2D eigenvalue weighted by Gasteiger charge is -2.19. The fourth-order valence-electron chi connectivity index (χ4n) is 1.39. The van der Waals surface area contributed by atoms with Crippen molar-refractivity contribution in [3.63, 3.8) is 0 Å². The molecule has 2 N–H and O–H groups in total. The second kappa shape index (κ2) is 9.95. The Kier molecular flexibility index (Phi) is 9.47. The SMILES string of the molecule is CC(C)(C)OC(=O)NCCCCCCNC(=O)CS. The maximum absolute atomic E-state index is 11.3. The minimum Gasteiger partial charge on any atom is -0.444 e. The number of thiol groups is 1. The topological polar surface area (TPSA) is 67.4 Å². The van der Waals surface area contributed by atoms with Crippen LogP contribution in [0.3, 0.4) is 0 Å². The summed E-state index contributed by atoms with van der Waals surface area (Å²) in [6.45, 7) is 6.83. The number of alkyl carbamates (subject to hydrolysis) is 1. The summed E-state index contributed by atoms with van der Waals surface area (Å²) in [4.78, 5) is 22.2. The molecule has 0 aliphatic carbocycles. The lowest BCUT2D eigenvalue weighted by atomic mass is 10.2. The number of carbonyl (C=O) groups is 2. The largest absolute Gasteiger partial charge is 0.444 e. The summed E-state index contributed by atoms with van der Waals surface area (Å²) in [6.07, 6.45) is 3.55. The molecule has 0 unspecified atom stereocenters. The number of amides is 2. The van der Waals surface area contributed by atoms with Gasteiger partial charge in [-0.1, -0.05) is 12.8 Å². The van der Waals surface area contributed by atoms with Crippen LogP contribution < -0.4 is 10.6 Å². The van der Waals surface area contributed by atoms with E-state index in [1.807, 2.05) is 20.8 Å². The molecule has 5 nitrogen and oxygen atoms in total. The predicted octanol–water partition coefficient (Wildman–Crippen LogP) is 2.12. The zero-order chi connectivity index (χ0) is 14.7. The zero-order valence-corrected chi connectivity index (χ0v) is 13.0. The van der Waals surface area contributed by atoms with Gasteiger partial charge < -0.3 is 15.4 Å². The molecular weight excluding hydrogens is 264 g/mol. The number of unbranched alkanes of at least 4 members (excludes halogenated alkanes) is 3. The molecule has 0 aromatic rings. The Labute approximate surface area is 121 Å². The predicted molar refractivity (Wildman–Crippen MR) is 79.6 cm³/mol. The first kappa shape index (κ1) is 18.1. The quantitative estimate of drug-likeness (QED) is 0.474. The van der Waals surface area contributed by atoms with Gasteiger partial charge >= 0.3 is 6.09 Å². The summed E-state index contributed by atoms with van der Waals surface area (Å²) in [7, 11) is 0. The van der Waals surface area contributed by atoms with E-state index in [0.717, 1.165) is 25.7 Å². The van der Waals surface area contributed by atoms with E-state index in [0.29, 0.717) is 13.1 Å². The summed E-state index contributed by atoms with van der Waals surface area (Å²) in [5, 5.41) is 5.48. The van der Waals surface area contributed by atoms with E-state index < -0.39 is 5.60 Å². The minimum absolute atomic E-state index is 0.0325. The lowest BCUT2D eigenvalue weighted by Crippen LogP contribution is -2.33. The van der Waals surface area contributed by atoms with Crippen LogP contribution in [0.5, 0.6) is 0 Å². The smallest absolute Gasteiger partial charge is 0.407 e. The normalized spacial score (nSPS) is 10.9. The average Bonchev–Trinajstić information content (AvgIpc) is 2.29. The molecular formula is C13H26N2O3S. The van der Waals surface area contributed by atoms with Gasteiger partial charge in [-0.3, -0.25) is 4.79 Å². The number of ether oxygens (including phenoxy) is 1. The highest BCUT2D eigenvalue weighted by atomic mass is 32.1. The van der Waals surface area contributed by atoms with Crippen LogP contribution in [0.15, 0.2) is 0 Å². The molecule has 0 spiro atoms. The second-order valence-corrected chi connectivity index (χ2v) is 5.67. The van der Waals surface area contributed by atoms with E-state index in [2.05, 4.69) is 23.3 Å². The summed E-state index contributed by atoms with van der Waals surface area (Å²) in [5.41, 5.74) is -0.449. The number of hydrogen-bond donors (Lipinski definition) is 3. The van der Waals surface area contributed by atoms with Gasteiger partial charge in [0.2, 0.25) is 5.91 Å². The molecule has 2 amide bonds. The summed E-state index contributed by atoms with van der Waals surface area (Å²) in [6, 6.07) is 0. The van der Waals surface area contributed by atoms with E-state index in [-0.39, 0.29) is 17.8 Å². The molecule has 19 heavy (non-hydrogen) atoms. The molecule has 0 aliphatic heterocycles. The van der Waals surface area contributed by atoms with Crippen LogP contribution in [0, 0.1) is 0 Å². The molecule has 0 bridgehead atoms. The van der Waals surface area contributed by atoms with Gasteiger partial charge in [0.05, 0.1) is 5.75 Å². The maximum atomic E-state index is 11.3. The van der Waals surface area contributed by atoms with Crippen molar-refractivity contribution >= 4 is 24.6 Å². The monoisotopic (exact) mass is 290 g/mol. The van der Waals surface area contributed by atoms with E-state index >= 15 is 0 Å². The first-order valence-electron chi connectivity index (χ1n) is 6.69. The Hall–Kier alpha value is -0.910. The van der Waals surface area contributed by atoms with Crippen LogP contribution in [0.4, 0.5) is 4.79 Å². The molecule has 0 aromatic carbocycles. The van der Waals surface area contributed by atoms with Crippen molar-refractivity contribution in [3.8, 4) is 0 Å². The van der Waals surface area contributed by atoms with Crippen LogP contribution in [-0.2, 0) is 9.53 Å². The van der Waals surface area contributed by atoms with Crippen molar-refractivity contribution in [3.05, 3.63) is 0 Å². The van der Waals surface area contributed by atoms with Gasteiger partial charge in [-0.15, -0.1) is 0 Å². The number of nitrogens with one attached hydrogen (secondary N) is 2. The summed E-state index contributed by atoms with van der Waals surface area (Å²) >= 11 is 3.87. The summed E-state index contributed by atoms with van der Waals surface area (Å²) in [5.74, 6) is 0.203. The van der Waals surface area contributed by atoms with E-state index in [1.165, 1.54) is 0 Å². The Morgan fingerprint density at radius 3 is 2.00 bits per heavy atom. The molecule has 0 atom stereocenters. The molecule has 6 heteroatoms. The van der Waals surface area contributed by atoms with Crippen LogP contribution in [-0.4, -0.2) is 36.4 Å². The molecule has 0 aromatic heterocycles. The van der Waals surface area contributed by atoms with Crippen molar-refractivity contribution < 1.29 is 14.3 Å². The van der Waals surface area contributed by atoms with E-state index in [9.17, 15) is 9.59 Å². The minimum atomic E-state index is -0.449.